The molecule has 1 aromatic carbocycles. The van der Waals surface area contributed by atoms with E-state index in [2.05, 4.69) is 15.8 Å². The van der Waals surface area contributed by atoms with Crippen molar-refractivity contribution in [2.75, 3.05) is 13.2 Å². The summed E-state index contributed by atoms with van der Waals surface area (Å²) in [5.74, 6) is 0.485. The van der Waals surface area contributed by atoms with Gasteiger partial charge in [-0.15, -0.1) is 0 Å². The molecule has 104 valence electrons. The minimum absolute atomic E-state index is 0.449. The highest BCUT2D eigenvalue weighted by Gasteiger charge is 2.08. The van der Waals surface area contributed by atoms with Gasteiger partial charge in [-0.25, -0.2) is 0 Å². The lowest BCUT2D eigenvalue weighted by Crippen LogP contribution is -2.31. The van der Waals surface area contributed by atoms with E-state index in [1.807, 2.05) is 13.8 Å². The van der Waals surface area contributed by atoms with Crippen molar-refractivity contribution in [3.63, 3.8) is 0 Å². The van der Waals surface area contributed by atoms with Gasteiger partial charge in [0.15, 0.2) is 10.9 Å². The van der Waals surface area contributed by atoms with Gasteiger partial charge in [-0.3, -0.25) is 5.43 Å². The second-order valence-corrected chi connectivity index (χ2v) is 4.70. The van der Waals surface area contributed by atoms with E-state index in [1.165, 1.54) is 0 Å². The monoisotopic (exact) mass is 319 g/mol. The van der Waals surface area contributed by atoms with Gasteiger partial charge in [-0.05, 0) is 43.8 Å². The fourth-order valence-corrected chi connectivity index (χ4v) is 2.11. The van der Waals surface area contributed by atoms with Crippen molar-refractivity contribution in [2.45, 2.75) is 13.8 Å². The molecule has 0 amide bonds. The first-order valence-electron chi connectivity index (χ1n) is 5.77. The maximum absolute atomic E-state index is 6.07. The Morgan fingerprint density at radius 1 is 1.37 bits per heavy atom. The molecule has 0 unspecified atom stereocenters. The lowest BCUT2D eigenvalue weighted by atomic mass is 10.2. The zero-order valence-electron chi connectivity index (χ0n) is 10.7. The Hall–Kier alpha value is -1.04. The third-order valence-electron chi connectivity index (χ3n) is 2.03. The summed E-state index contributed by atoms with van der Waals surface area (Å²) in [7, 11) is 0. The summed E-state index contributed by atoms with van der Waals surface area (Å²) in [5.41, 5.74) is 3.44. The number of nitrogens with zero attached hydrogens (tertiary/aromatic N) is 1. The summed E-state index contributed by atoms with van der Waals surface area (Å²) in [4.78, 5) is 0. The van der Waals surface area contributed by atoms with E-state index < -0.39 is 0 Å². The van der Waals surface area contributed by atoms with Gasteiger partial charge in [0.1, 0.15) is 0 Å². The highest BCUT2D eigenvalue weighted by atomic mass is 35.5. The molecule has 19 heavy (non-hydrogen) atoms. The molecule has 0 aliphatic heterocycles. The van der Waals surface area contributed by atoms with Crippen LogP contribution in [0.15, 0.2) is 17.2 Å². The SMILES string of the molecule is CCNC(=S)NN=Cc1cc(Cl)c(OCC)c(Cl)c1. The van der Waals surface area contributed by atoms with Gasteiger partial charge in [-0.1, -0.05) is 23.2 Å². The van der Waals surface area contributed by atoms with Crippen LogP contribution in [0, 0.1) is 0 Å². The molecule has 0 heterocycles. The molecule has 0 fully saturated rings. The van der Waals surface area contributed by atoms with Crippen molar-refractivity contribution < 1.29 is 4.74 Å². The Balaban J connectivity index is 2.75. The smallest absolute Gasteiger partial charge is 0.186 e. The van der Waals surface area contributed by atoms with Crippen molar-refractivity contribution in [3.05, 3.63) is 27.7 Å². The molecule has 0 atom stereocenters. The molecule has 0 bridgehead atoms. The minimum Gasteiger partial charge on any atom is -0.491 e. The van der Waals surface area contributed by atoms with E-state index in [9.17, 15) is 0 Å². The van der Waals surface area contributed by atoms with Crippen LogP contribution in [-0.2, 0) is 0 Å². The number of rotatable bonds is 5. The zero-order valence-corrected chi connectivity index (χ0v) is 13.0. The van der Waals surface area contributed by atoms with Gasteiger partial charge in [0.05, 0.1) is 22.9 Å². The molecular formula is C12H15Cl2N3OS. The number of hydrazone groups is 1. The number of halogens is 2. The van der Waals surface area contributed by atoms with Gasteiger partial charge in [0.2, 0.25) is 0 Å². The molecule has 0 saturated heterocycles. The summed E-state index contributed by atoms with van der Waals surface area (Å²) in [6.45, 7) is 5.06. The lowest BCUT2D eigenvalue weighted by molar-refractivity contribution is 0.340. The van der Waals surface area contributed by atoms with Crippen molar-refractivity contribution in [2.24, 2.45) is 5.10 Å². The molecule has 1 aromatic rings. The second kappa shape index (κ2) is 8.19. The van der Waals surface area contributed by atoms with Gasteiger partial charge in [-0.2, -0.15) is 5.10 Å². The molecule has 7 heteroatoms. The Labute approximate surface area is 128 Å². The summed E-state index contributed by atoms with van der Waals surface area (Å²) in [6.07, 6.45) is 1.58. The molecule has 0 aromatic heterocycles. The van der Waals surface area contributed by atoms with E-state index in [0.29, 0.717) is 27.5 Å². The van der Waals surface area contributed by atoms with Crippen LogP contribution in [0.25, 0.3) is 0 Å². The molecule has 0 aliphatic carbocycles. The van der Waals surface area contributed by atoms with E-state index in [-0.39, 0.29) is 0 Å². The van der Waals surface area contributed by atoms with Crippen molar-refractivity contribution in [1.29, 1.82) is 0 Å². The van der Waals surface area contributed by atoms with Gasteiger partial charge in [0, 0.05) is 6.54 Å². The van der Waals surface area contributed by atoms with Crippen LogP contribution in [0.5, 0.6) is 5.75 Å². The van der Waals surface area contributed by atoms with Crippen molar-refractivity contribution in [1.82, 2.24) is 10.7 Å². The number of hydrogen-bond donors (Lipinski definition) is 2. The topological polar surface area (TPSA) is 45.7 Å². The van der Waals surface area contributed by atoms with Gasteiger partial charge >= 0.3 is 0 Å². The van der Waals surface area contributed by atoms with Crippen LogP contribution in [-0.4, -0.2) is 24.5 Å². The maximum Gasteiger partial charge on any atom is 0.186 e. The fourth-order valence-electron chi connectivity index (χ4n) is 1.30. The average Bonchev–Trinajstić information content (AvgIpc) is 2.34. The summed E-state index contributed by atoms with van der Waals surface area (Å²) < 4.78 is 5.34. The van der Waals surface area contributed by atoms with Crippen LogP contribution >= 0.6 is 35.4 Å². The Bertz CT molecular complexity index is 457. The predicted octanol–water partition coefficient (Wildman–Crippen LogP) is 3.21. The van der Waals surface area contributed by atoms with Crippen LogP contribution in [0.4, 0.5) is 0 Å². The zero-order chi connectivity index (χ0) is 14.3. The normalized spacial score (nSPS) is 10.5. The largest absolute Gasteiger partial charge is 0.491 e. The standard InChI is InChI=1S/C12H15Cl2N3OS/c1-3-15-12(19)17-16-7-8-5-9(13)11(18-4-2)10(14)6-8/h5-7H,3-4H2,1-2H3,(H2,15,17,19). The van der Waals surface area contributed by atoms with Crippen LogP contribution in [0.1, 0.15) is 19.4 Å². The fraction of sp³-hybridized carbons (Fsp3) is 0.333. The lowest BCUT2D eigenvalue weighted by Gasteiger charge is -2.08. The van der Waals surface area contributed by atoms with E-state index in [0.717, 1.165) is 12.1 Å². The average molecular weight is 320 g/mol. The van der Waals surface area contributed by atoms with Crippen LogP contribution < -0.4 is 15.5 Å². The maximum atomic E-state index is 6.07. The van der Waals surface area contributed by atoms with Gasteiger partial charge in [0.25, 0.3) is 0 Å². The number of benzene rings is 1. The molecule has 0 aliphatic rings. The van der Waals surface area contributed by atoms with E-state index in [1.54, 1.807) is 18.3 Å². The molecule has 4 nitrogen and oxygen atoms in total. The third-order valence-corrected chi connectivity index (χ3v) is 2.82. The number of ether oxygens (including phenoxy) is 1. The molecule has 2 N–H and O–H groups in total. The number of thiocarbonyl (C=S) groups is 1. The molecule has 1 rings (SSSR count). The third kappa shape index (κ3) is 5.22. The first kappa shape index (κ1) is 16.0. The summed E-state index contributed by atoms with van der Waals surface area (Å²) in [5, 5.41) is 8.25. The first-order chi connectivity index (χ1) is 9.08. The van der Waals surface area contributed by atoms with Crippen molar-refractivity contribution in [3.8, 4) is 5.75 Å². The highest BCUT2D eigenvalue weighted by Crippen LogP contribution is 2.33. The molecule has 0 saturated carbocycles. The van der Waals surface area contributed by atoms with E-state index in [4.69, 9.17) is 40.2 Å². The number of hydrogen-bond acceptors (Lipinski definition) is 3. The first-order valence-corrected chi connectivity index (χ1v) is 6.93. The van der Waals surface area contributed by atoms with Gasteiger partial charge < -0.3 is 10.1 Å². The Morgan fingerprint density at radius 2 is 2.00 bits per heavy atom. The van der Waals surface area contributed by atoms with Crippen molar-refractivity contribution >= 4 is 46.7 Å². The summed E-state index contributed by atoms with van der Waals surface area (Å²) in [6, 6.07) is 3.44. The molecular weight excluding hydrogens is 305 g/mol. The van der Waals surface area contributed by atoms with E-state index >= 15 is 0 Å². The number of nitrogens with one attached hydrogen (secondary N) is 2. The van der Waals surface area contributed by atoms with Crippen LogP contribution in [0.2, 0.25) is 10.0 Å². The predicted molar refractivity (Wildman–Crippen MR) is 84.6 cm³/mol. The molecule has 0 spiro atoms. The quantitative estimate of drug-likeness (QED) is 0.497. The Morgan fingerprint density at radius 3 is 2.53 bits per heavy atom. The highest BCUT2D eigenvalue weighted by molar-refractivity contribution is 7.80. The minimum atomic E-state index is 0.449. The van der Waals surface area contributed by atoms with Crippen LogP contribution in [0.3, 0.4) is 0 Å². The second-order valence-electron chi connectivity index (χ2n) is 3.48. The molecule has 0 radical (unpaired) electrons. The Kier molecular flexibility index (Phi) is 6.91. The summed E-state index contributed by atoms with van der Waals surface area (Å²) >= 11 is 17.1.